The van der Waals surface area contributed by atoms with Gasteiger partial charge in [0.1, 0.15) is 43.6 Å². The van der Waals surface area contributed by atoms with E-state index in [2.05, 4.69) is 24.8 Å². The van der Waals surface area contributed by atoms with Crippen molar-refractivity contribution in [1.29, 1.82) is 0 Å². The van der Waals surface area contributed by atoms with Crippen molar-refractivity contribution < 1.29 is 28.7 Å². The van der Waals surface area contributed by atoms with Gasteiger partial charge in [0.2, 0.25) is 0 Å². The highest BCUT2D eigenvalue weighted by atomic mass is 32.2. The van der Waals surface area contributed by atoms with Crippen molar-refractivity contribution in [1.82, 2.24) is 24.6 Å². The second-order valence-electron chi connectivity index (χ2n) is 9.61. The minimum absolute atomic E-state index is 0.0285. The Morgan fingerprint density at radius 2 is 1.89 bits per heavy atom. The van der Waals surface area contributed by atoms with Crippen LogP contribution in [0.3, 0.4) is 0 Å². The van der Waals surface area contributed by atoms with Crippen molar-refractivity contribution in [2.24, 2.45) is 5.16 Å². The molecule has 0 bridgehead atoms. The molecule has 0 aliphatic carbocycles. The Morgan fingerprint density at radius 1 is 1.18 bits per heavy atom. The number of hydrogen-bond acceptors (Lipinski definition) is 14. The Kier molecular flexibility index (Phi) is 9.04. The molecule has 16 heteroatoms. The van der Waals surface area contributed by atoms with Crippen LogP contribution in [-0.4, -0.2) is 74.3 Å². The molecule has 4 aromatic rings. The van der Waals surface area contributed by atoms with Crippen molar-refractivity contribution in [3.8, 4) is 0 Å². The molecular formula is C29H25N7O6S3. The van der Waals surface area contributed by atoms with Gasteiger partial charge in [0.25, 0.3) is 11.8 Å². The highest BCUT2D eigenvalue weighted by Gasteiger charge is 2.55. The third-order valence-electron chi connectivity index (χ3n) is 6.89. The van der Waals surface area contributed by atoms with E-state index in [0.717, 1.165) is 22.5 Å². The normalized spacial score (nSPS) is 17.8. The monoisotopic (exact) mass is 663 g/mol. The fourth-order valence-corrected chi connectivity index (χ4v) is 6.80. The number of nitrogens with two attached hydrogens (primary N) is 1. The summed E-state index contributed by atoms with van der Waals surface area (Å²) in [5.74, 6) is -1.49. The number of rotatable bonds is 11. The first-order chi connectivity index (χ1) is 21.9. The van der Waals surface area contributed by atoms with Crippen LogP contribution < -0.4 is 11.1 Å². The summed E-state index contributed by atoms with van der Waals surface area (Å²) in [7, 11) is 1.29. The fourth-order valence-electron chi connectivity index (χ4n) is 4.86. The number of anilines is 1. The zero-order valence-electron chi connectivity index (χ0n) is 23.6. The topological polar surface area (TPSA) is 171 Å². The molecule has 13 nitrogen and oxygen atoms in total. The Labute approximate surface area is 269 Å². The zero-order chi connectivity index (χ0) is 31.3. The molecule has 2 aliphatic rings. The molecule has 2 aromatic carbocycles. The SMILES string of the molecule is CO/N=C(\C(=O)NC1C(=O)N2C(C(=O)OC(c3ccccc3)c3ccccc3)=C(CSc3ncns3)OCC12)c1csc(N)n1. The van der Waals surface area contributed by atoms with Crippen molar-refractivity contribution in [3.63, 3.8) is 0 Å². The van der Waals surface area contributed by atoms with Gasteiger partial charge in [-0.2, -0.15) is 4.37 Å². The average molecular weight is 664 g/mol. The minimum Gasteiger partial charge on any atom is -0.492 e. The number of thiazole rings is 1. The number of carbonyl (C=O) groups excluding carboxylic acids is 3. The number of ether oxygens (including phenoxy) is 2. The van der Waals surface area contributed by atoms with E-state index >= 15 is 0 Å². The summed E-state index contributed by atoms with van der Waals surface area (Å²) in [6.07, 6.45) is 0.682. The molecule has 0 spiro atoms. The van der Waals surface area contributed by atoms with E-state index in [1.54, 1.807) is 5.38 Å². The lowest BCUT2D eigenvalue weighted by atomic mass is 9.92. The number of oxime groups is 1. The Balaban J connectivity index is 1.28. The van der Waals surface area contributed by atoms with E-state index in [1.165, 1.54) is 41.6 Å². The van der Waals surface area contributed by atoms with Crippen LogP contribution in [0.25, 0.3) is 0 Å². The van der Waals surface area contributed by atoms with Crippen molar-refractivity contribution in [2.45, 2.75) is 22.5 Å². The third kappa shape index (κ3) is 6.38. The first-order valence-electron chi connectivity index (χ1n) is 13.5. The van der Waals surface area contributed by atoms with Crippen LogP contribution in [0.1, 0.15) is 22.9 Å². The summed E-state index contributed by atoms with van der Waals surface area (Å²) in [4.78, 5) is 55.3. The largest absolute Gasteiger partial charge is 0.492 e. The van der Waals surface area contributed by atoms with Gasteiger partial charge in [-0.25, -0.2) is 14.8 Å². The van der Waals surface area contributed by atoms with Gasteiger partial charge in [0.15, 0.2) is 27.0 Å². The number of hydrogen-bond donors (Lipinski definition) is 2. The molecule has 230 valence electrons. The second-order valence-corrected chi connectivity index (χ2v) is 12.5. The van der Waals surface area contributed by atoms with Crippen molar-refractivity contribution in [3.05, 3.63) is 101 Å². The maximum absolute atomic E-state index is 14.0. The van der Waals surface area contributed by atoms with E-state index in [4.69, 9.17) is 20.0 Å². The lowest BCUT2D eigenvalue weighted by Crippen LogP contribution is -2.73. The summed E-state index contributed by atoms with van der Waals surface area (Å²) in [6.45, 7) is 0.0285. The first-order valence-corrected chi connectivity index (χ1v) is 16.1. The molecule has 3 N–H and O–H groups in total. The van der Waals surface area contributed by atoms with Gasteiger partial charge >= 0.3 is 5.97 Å². The minimum atomic E-state index is -1.00. The number of nitrogens with zero attached hydrogens (tertiary/aromatic N) is 5. The lowest BCUT2D eigenvalue weighted by Gasteiger charge is -2.49. The van der Waals surface area contributed by atoms with Gasteiger partial charge in [-0.1, -0.05) is 77.6 Å². The molecule has 6 rings (SSSR count). The predicted octanol–water partition coefficient (Wildman–Crippen LogP) is 2.99. The molecular weight excluding hydrogens is 639 g/mol. The summed E-state index contributed by atoms with van der Waals surface area (Å²) in [5.41, 5.74) is 7.25. The predicted molar refractivity (Wildman–Crippen MR) is 167 cm³/mol. The summed E-state index contributed by atoms with van der Waals surface area (Å²) in [5, 5.41) is 8.26. The van der Waals surface area contributed by atoms with E-state index in [9.17, 15) is 14.4 Å². The van der Waals surface area contributed by atoms with Gasteiger partial charge in [0, 0.05) is 5.38 Å². The molecule has 0 radical (unpaired) electrons. The van der Waals surface area contributed by atoms with E-state index in [0.29, 0.717) is 4.34 Å². The van der Waals surface area contributed by atoms with Crippen LogP contribution in [-0.2, 0) is 28.7 Å². The van der Waals surface area contributed by atoms with Crippen LogP contribution in [0.2, 0.25) is 0 Å². The number of amides is 2. The van der Waals surface area contributed by atoms with Gasteiger partial charge in [0.05, 0.1) is 5.75 Å². The number of β-lactam (4-membered cyclic amide) rings is 1. The Morgan fingerprint density at radius 3 is 2.49 bits per heavy atom. The number of fused-ring (bicyclic) bond motifs is 1. The van der Waals surface area contributed by atoms with Crippen molar-refractivity contribution in [2.75, 3.05) is 25.2 Å². The number of thioether (sulfide) groups is 1. The van der Waals surface area contributed by atoms with Crippen LogP contribution in [0.15, 0.2) is 93.3 Å². The summed E-state index contributed by atoms with van der Waals surface area (Å²) in [6, 6.07) is 16.9. The molecule has 1 saturated heterocycles. The maximum Gasteiger partial charge on any atom is 0.359 e. The number of carbonyl (C=O) groups is 3. The Hall–Kier alpha value is -4.80. The smallest absolute Gasteiger partial charge is 0.359 e. The van der Waals surface area contributed by atoms with Crippen molar-refractivity contribution >= 4 is 63.3 Å². The molecule has 2 atom stereocenters. The summed E-state index contributed by atoms with van der Waals surface area (Å²) < 4.78 is 16.9. The van der Waals surface area contributed by atoms with Crippen LogP contribution >= 0.6 is 34.6 Å². The Bertz CT molecular complexity index is 1710. The van der Waals surface area contributed by atoms with Gasteiger partial charge in [-0.3, -0.25) is 14.5 Å². The standard InChI is InChI=1S/C29H25N7O6S3/c1-40-35-21(18-13-43-28(30)33-18)25(37)34-22-19-12-41-20(14-44-29-31-15-32-45-29)23(36(19)26(22)38)27(39)42-24(16-8-4-2-5-9-16)17-10-6-3-7-11-17/h2-11,13,15,19,22,24H,12,14H2,1H3,(H2,30,33)(H,34,37)/b35-21-. The fraction of sp³-hybridized carbons (Fsp3) is 0.207. The molecule has 0 saturated carbocycles. The van der Waals surface area contributed by atoms with Gasteiger partial charge in [-0.05, 0) is 22.7 Å². The molecule has 2 aliphatic heterocycles. The molecule has 2 aromatic heterocycles. The molecule has 45 heavy (non-hydrogen) atoms. The van der Waals surface area contributed by atoms with Crippen LogP contribution in [0, 0.1) is 0 Å². The van der Waals surface area contributed by atoms with E-state index in [-0.39, 0.29) is 40.4 Å². The number of benzene rings is 2. The summed E-state index contributed by atoms with van der Waals surface area (Å²) >= 11 is 3.65. The number of aromatic nitrogens is 3. The molecule has 2 unspecified atom stereocenters. The highest BCUT2D eigenvalue weighted by Crippen LogP contribution is 2.37. The number of nitrogens with one attached hydrogen (secondary N) is 1. The van der Waals surface area contributed by atoms with Crippen LogP contribution in [0.5, 0.6) is 0 Å². The molecule has 4 heterocycles. The zero-order valence-corrected chi connectivity index (χ0v) is 26.0. The highest BCUT2D eigenvalue weighted by molar-refractivity contribution is 8.01. The molecule has 1 fully saturated rings. The third-order valence-corrected chi connectivity index (χ3v) is 9.36. The van der Waals surface area contributed by atoms with E-state index < -0.39 is 36.0 Å². The van der Waals surface area contributed by atoms with Crippen LogP contribution in [0.4, 0.5) is 5.13 Å². The number of nitrogen functional groups attached to an aromatic ring is 1. The number of esters is 1. The van der Waals surface area contributed by atoms with Gasteiger partial charge < -0.3 is 25.4 Å². The first kappa shape index (κ1) is 30.2. The molecule has 2 amide bonds. The quantitative estimate of drug-likeness (QED) is 0.0795. The second kappa shape index (κ2) is 13.5. The average Bonchev–Trinajstić information content (AvgIpc) is 3.76. The lowest BCUT2D eigenvalue weighted by molar-refractivity contribution is -0.163. The van der Waals surface area contributed by atoms with E-state index in [1.807, 2.05) is 60.7 Å². The van der Waals surface area contributed by atoms with Gasteiger partial charge in [-0.15, -0.1) is 11.3 Å². The maximum atomic E-state index is 14.0.